The molecule has 82 valence electrons. The molecule has 0 saturated carbocycles. The molecule has 0 aromatic carbocycles. The predicted molar refractivity (Wildman–Crippen MR) is 45.9 cm³/mol. The van der Waals surface area contributed by atoms with Gasteiger partial charge in [0.25, 0.3) is 11.8 Å². The summed E-state index contributed by atoms with van der Waals surface area (Å²) in [7, 11) is 0. The number of rotatable bonds is 3. The molecule has 1 rings (SSSR count). The van der Waals surface area contributed by atoms with Crippen LogP contribution in [-0.2, 0) is 23.9 Å². The van der Waals surface area contributed by atoms with E-state index in [1.54, 1.807) is 6.92 Å². The minimum absolute atomic E-state index is 0.159. The number of hydrazine groups is 1. The summed E-state index contributed by atoms with van der Waals surface area (Å²) in [5, 5.41) is 0.541. The van der Waals surface area contributed by atoms with E-state index in [2.05, 4.69) is 4.74 Å². The summed E-state index contributed by atoms with van der Waals surface area (Å²) in [6, 6.07) is 0. The molecule has 1 fully saturated rings. The number of amides is 3. The zero-order valence-corrected chi connectivity index (χ0v) is 8.11. The summed E-state index contributed by atoms with van der Waals surface area (Å²) in [6.07, 6.45) is -0.922. The summed E-state index contributed by atoms with van der Waals surface area (Å²) in [6.45, 7) is 1.76. The van der Waals surface area contributed by atoms with Crippen molar-refractivity contribution in [1.82, 2.24) is 10.4 Å². The summed E-state index contributed by atoms with van der Waals surface area (Å²) in [4.78, 5) is 44.0. The zero-order valence-electron chi connectivity index (χ0n) is 8.11. The highest BCUT2D eigenvalue weighted by molar-refractivity contribution is 6.12. The van der Waals surface area contributed by atoms with Crippen LogP contribution in [0, 0.1) is 0 Å². The van der Waals surface area contributed by atoms with Crippen molar-refractivity contribution >= 4 is 23.7 Å². The number of hydrogen-bond acceptors (Lipinski definition) is 5. The van der Waals surface area contributed by atoms with Crippen molar-refractivity contribution in [3.8, 4) is 0 Å². The molecular formula is C8H10N2O5. The summed E-state index contributed by atoms with van der Waals surface area (Å²) in [5.74, 6) is -2.73. The van der Waals surface area contributed by atoms with Crippen LogP contribution < -0.4 is 5.43 Å². The van der Waals surface area contributed by atoms with Crippen molar-refractivity contribution in [2.24, 2.45) is 0 Å². The van der Waals surface area contributed by atoms with Gasteiger partial charge in [-0.05, 0) is 6.92 Å². The van der Waals surface area contributed by atoms with Crippen LogP contribution in [0.1, 0.15) is 19.8 Å². The first-order valence-electron chi connectivity index (χ1n) is 4.35. The predicted octanol–water partition coefficient (Wildman–Crippen LogP) is -1.27. The molecule has 0 atom stereocenters. The molecule has 15 heavy (non-hydrogen) atoms. The van der Waals surface area contributed by atoms with E-state index in [1.165, 1.54) is 0 Å². The first-order chi connectivity index (χ1) is 7.04. The molecule has 0 aliphatic carbocycles. The van der Waals surface area contributed by atoms with Crippen LogP contribution in [0.25, 0.3) is 0 Å². The molecule has 1 saturated heterocycles. The van der Waals surface area contributed by atoms with E-state index >= 15 is 0 Å². The van der Waals surface area contributed by atoms with Gasteiger partial charge in [0.2, 0.25) is 5.91 Å². The van der Waals surface area contributed by atoms with Crippen molar-refractivity contribution in [2.75, 3.05) is 6.61 Å². The lowest BCUT2D eigenvalue weighted by atomic mass is 10.3. The normalized spacial score (nSPS) is 15.1. The van der Waals surface area contributed by atoms with Gasteiger partial charge in [-0.3, -0.25) is 24.6 Å². The molecule has 1 N–H and O–H groups in total. The van der Waals surface area contributed by atoms with Gasteiger partial charge in [0.1, 0.15) is 12.8 Å². The van der Waals surface area contributed by atoms with Crippen LogP contribution in [0.2, 0.25) is 0 Å². The Morgan fingerprint density at radius 3 is 2.60 bits per heavy atom. The van der Waals surface area contributed by atoms with Gasteiger partial charge in [0, 0.05) is 0 Å². The van der Waals surface area contributed by atoms with Crippen LogP contribution in [0.4, 0.5) is 0 Å². The fourth-order valence-corrected chi connectivity index (χ4v) is 1.06. The molecule has 1 heterocycles. The molecule has 0 spiro atoms. The SMILES string of the molecule is CCOC(=O)CC(=O)N1NC(=O)CC1=O. The average Bonchev–Trinajstić information content (AvgIpc) is 2.45. The second-order valence-electron chi connectivity index (χ2n) is 2.82. The molecule has 3 amide bonds. The van der Waals surface area contributed by atoms with E-state index in [0.29, 0.717) is 5.01 Å². The smallest absolute Gasteiger partial charge is 0.315 e. The van der Waals surface area contributed by atoms with Crippen molar-refractivity contribution in [1.29, 1.82) is 0 Å². The van der Waals surface area contributed by atoms with E-state index in [-0.39, 0.29) is 13.0 Å². The Hall–Kier alpha value is -1.92. The number of carbonyl (C=O) groups excluding carboxylic acids is 4. The zero-order chi connectivity index (χ0) is 11.4. The van der Waals surface area contributed by atoms with Crippen LogP contribution >= 0.6 is 0 Å². The standard InChI is InChI=1S/C8H10N2O5/c1-2-15-8(14)4-7(13)10-6(12)3-5(11)9-10/h2-4H2,1H3,(H,9,11). The second kappa shape index (κ2) is 4.54. The molecule has 7 heteroatoms. The van der Waals surface area contributed by atoms with Gasteiger partial charge in [0.05, 0.1) is 6.61 Å². The Bertz CT molecular complexity index is 325. The first kappa shape index (κ1) is 11.2. The van der Waals surface area contributed by atoms with Gasteiger partial charge in [-0.15, -0.1) is 0 Å². The van der Waals surface area contributed by atoms with Gasteiger partial charge < -0.3 is 4.74 Å². The largest absolute Gasteiger partial charge is 0.466 e. The van der Waals surface area contributed by atoms with Crippen molar-refractivity contribution in [3.63, 3.8) is 0 Å². The summed E-state index contributed by atoms with van der Waals surface area (Å²) in [5.41, 5.74) is 2.04. The highest BCUT2D eigenvalue weighted by Crippen LogP contribution is 2.03. The number of hydrogen-bond donors (Lipinski definition) is 1. The number of imide groups is 1. The number of carbonyl (C=O) groups is 4. The van der Waals surface area contributed by atoms with Gasteiger partial charge in [0.15, 0.2) is 0 Å². The lowest BCUT2D eigenvalue weighted by Crippen LogP contribution is -2.42. The third-order valence-corrected chi connectivity index (χ3v) is 1.65. The quantitative estimate of drug-likeness (QED) is 0.467. The van der Waals surface area contributed by atoms with Gasteiger partial charge in [-0.1, -0.05) is 0 Å². The highest BCUT2D eigenvalue weighted by atomic mass is 16.5. The Kier molecular flexibility index (Phi) is 3.37. The summed E-state index contributed by atoms with van der Waals surface area (Å²) >= 11 is 0. The molecule has 0 aromatic heterocycles. The van der Waals surface area contributed by atoms with Crippen LogP contribution in [0.15, 0.2) is 0 Å². The summed E-state index contributed by atoms with van der Waals surface area (Å²) < 4.78 is 4.52. The van der Waals surface area contributed by atoms with E-state index in [0.717, 1.165) is 0 Å². The number of nitrogens with one attached hydrogen (secondary N) is 1. The van der Waals surface area contributed by atoms with E-state index < -0.39 is 30.1 Å². The molecule has 7 nitrogen and oxygen atoms in total. The molecule has 0 aromatic rings. The van der Waals surface area contributed by atoms with Crippen molar-refractivity contribution in [2.45, 2.75) is 19.8 Å². The molecule has 0 bridgehead atoms. The average molecular weight is 214 g/mol. The van der Waals surface area contributed by atoms with Gasteiger partial charge >= 0.3 is 5.97 Å². The number of ether oxygens (including phenoxy) is 1. The lowest BCUT2D eigenvalue weighted by Gasteiger charge is -2.11. The maximum Gasteiger partial charge on any atom is 0.315 e. The number of nitrogens with zero attached hydrogens (tertiary/aromatic N) is 1. The fraction of sp³-hybridized carbons (Fsp3) is 0.500. The van der Waals surface area contributed by atoms with E-state index in [9.17, 15) is 19.2 Å². The van der Waals surface area contributed by atoms with E-state index in [4.69, 9.17) is 0 Å². The lowest BCUT2D eigenvalue weighted by molar-refractivity contribution is -0.152. The fourth-order valence-electron chi connectivity index (χ4n) is 1.06. The monoisotopic (exact) mass is 214 g/mol. The third kappa shape index (κ3) is 2.76. The second-order valence-corrected chi connectivity index (χ2v) is 2.82. The molecule has 1 aliphatic rings. The van der Waals surface area contributed by atoms with Crippen LogP contribution in [0.3, 0.4) is 0 Å². The Morgan fingerprint density at radius 2 is 2.13 bits per heavy atom. The van der Waals surface area contributed by atoms with Gasteiger partial charge in [-0.2, -0.15) is 5.01 Å². The number of esters is 1. The Morgan fingerprint density at radius 1 is 1.47 bits per heavy atom. The Labute approximate surface area is 85.3 Å². The molecular weight excluding hydrogens is 204 g/mol. The minimum Gasteiger partial charge on any atom is -0.466 e. The van der Waals surface area contributed by atoms with Crippen LogP contribution in [-0.4, -0.2) is 35.3 Å². The van der Waals surface area contributed by atoms with E-state index in [1.807, 2.05) is 5.43 Å². The van der Waals surface area contributed by atoms with Crippen LogP contribution in [0.5, 0.6) is 0 Å². The minimum atomic E-state index is -0.788. The maximum absolute atomic E-state index is 11.3. The highest BCUT2D eigenvalue weighted by Gasteiger charge is 2.33. The Balaban J connectivity index is 2.51. The van der Waals surface area contributed by atoms with Crippen molar-refractivity contribution < 1.29 is 23.9 Å². The molecule has 0 unspecified atom stereocenters. The van der Waals surface area contributed by atoms with Crippen molar-refractivity contribution in [3.05, 3.63) is 0 Å². The molecule has 1 aliphatic heterocycles. The molecule has 0 radical (unpaired) electrons. The maximum atomic E-state index is 11.3. The third-order valence-electron chi connectivity index (χ3n) is 1.65. The topological polar surface area (TPSA) is 92.8 Å². The van der Waals surface area contributed by atoms with Gasteiger partial charge in [-0.25, -0.2) is 0 Å². The first-order valence-corrected chi connectivity index (χ1v) is 4.35.